The average molecular weight is 549 g/mol. The van der Waals surface area contributed by atoms with Crippen LogP contribution in [0.4, 0.5) is 0 Å². The first kappa shape index (κ1) is 25.8. The van der Waals surface area contributed by atoms with Crippen molar-refractivity contribution in [3.8, 4) is 17.2 Å². The molecule has 0 radical (unpaired) electrons. The molecule has 2 heterocycles. The number of carbonyl (C=O) groups excluding carboxylic acids is 1. The monoisotopic (exact) mass is 548 g/mol. The maximum Gasteiger partial charge on any atom is 0.338 e. The Morgan fingerprint density at radius 2 is 1.92 bits per heavy atom. The van der Waals surface area contributed by atoms with E-state index in [1.165, 1.54) is 37.0 Å². The van der Waals surface area contributed by atoms with Crippen molar-refractivity contribution in [2.75, 3.05) is 20.8 Å². The summed E-state index contributed by atoms with van der Waals surface area (Å²) >= 11 is 13.3. The Morgan fingerprint density at radius 1 is 1.19 bits per heavy atom. The number of rotatable bonds is 6. The number of thiazole rings is 1. The molecule has 1 N–H and O–H groups in total. The molecule has 0 saturated heterocycles. The minimum atomic E-state index is -0.834. The molecule has 11 heteroatoms. The highest BCUT2D eigenvalue weighted by Gasteiger charge is 2.34. The number of hydrogen-bond acceptors (Lipinski definition) is 8. The van der Waals surface area contributed by atoms with E-state index in [1.54, 1.807) is 32.0 Å². The van der Waals surface area contributed by atoms with Crippen molar-refractivity contribution in [1.82, 2.24) is 4.57 Å². The SMILES string of the molecule is CCOC(=O)C1=C(C)N=c2s/c(=C/c3cc(Cl)cc(Cl)c3O)c(=O)n2C1c1ccc(OC)c(OC)c1. The predicted molar refractivity (Wildman–Crippen MR) is 138 cm³/mol. The standard InChI is InChI=1S/C25H22Cl2N2O6S/c1-5-35-24(32)20-12(2)28-25-29(21(20)13-6-7-17(33-3)18(9-13)34-4)23(31)19(36-25)10-14-8-15(26)11-16(27)22(14)30/h6-11,21,30H,5H2,1-4H3/b19-10+. The van der Waals surface area contributed by atoms with E-state index in [0.717, 1.165) is 11.3 Å². The molecule has 1 aliphatic heterocycles. The molecule has 0 amide bonds. The molecule has 8 nitrogen and oxygen atoms in total. The van der Waals surface area contributed by atoms with Crippen LogP contribution in [0.3, 0.4) is 0 Å². The fourth-order valence-corrected chi connectivity index (χ4v) is 5.51. The smallest absolute Gasteiger partial charge is 0.338 e. The van der Waals surface area contributed by atoms with Gasteiger partial charge in [-0.1, -0.05) is 40.6 Å². The molecular weight excluding hydrogens is 527 g/mol. The van der Waals surface area contributed by atoms with Crippen molar-refractivity contribution in [1.29, 1.82) is 0 Å². The van der Waals surface area contributed by atoms with Gasteiger partial charge >= 0.3 is 5.97 Å². The maximum atomic E-state index is 13.7. The van der Waals surface area contributed by atoms with E-state index in [4.69, 9.17) is 37.4 Å². The van der Waals surface area contributed by atoms with Crippen LogP contribution in [0.25, 0.3) is 6.08 Å². The lowest BCUT2D eigenvalue weighted by Crippen LogP contribution is -2.40. The second-order valence-electron chi connectivity index (χ2n) is 7.74. The van der Waals surface area contributed by atoms with Gasteiger partial charge in [-0.2, -0.15) is 0 Å². The number of aromatic hydroxyl groups is 1. The average Bonchev–Trinajstić information content (AvgIpc) is 3.15. The van der Waals surface area contributed by atoms with Crippen LogP contribution in [-0.4, -0.2) is 36.5 Å². The van der Waals surface area contributed by atoms with Crippen LogP contribution in [0.1, 0.15) is 31.0 Å². The first-order valence-electron chi connectivity index (χ1n) is 10.8. The number of benzene rings is 2. The van der Waals surface area contributed by atoms with E-state index in [0.29, 0.717) is 32.6 Å². The van der Waals surface area contributed by atoms with Crippen LogP contribution < -0.4 is 24.4 Å². The van der Waals surface area contributed by atoms with Gasteiger partial charge in [0.1, 0.15) is 5.75 Å². The number of methoxy groups -OCH3 is 2. The molecular formula is C25H22Cl2N2O6S. The Labute approximate surface area is 220 Å². The number of phenols is 1. The second-order valence-corrected chi connectivity index (χ2v) is 9.59. The summed E-state index contributed by atoms with van der Waals surface area (Å²) in [5.74, 6) is 0.160. The van der Waals surface area contributed by atoms with Crippen LogP contribution in [0.15, 0.2) is 51.4 Å². The van der Waals surface area contributed by atoms with Gasteiger partial charge in [0.2, 0.25) is 0 Å². The number of allylic oxidation sites excluding steroid dienone is 1. The number of halogens is 2. The van der Waals surface area contributed by atoms with E-state index in [2.05, 4.69) is 4.99 Å². The van der Waals surface area contributed by atoms with Gasteiger partial charge in [-0.25, -0.2) is 9.79 Å². The van der Waals surface area contributed by atoms with Crippen LogP contribution in [0, 0.1) is 0 Å². The molecule has 0 spiro atoms. The summed E-state index contributed by atoms with van der Waals surface area (Å²) in [4.78, 5) is 31.6. The third-order valence-corrected chi connectivity index (χ3v) is 7.07. The lowest BCUT2D eigenvalue weighted by Gasteiger charge is -2.25. The highest BCUT2D eigenvalue weighted by Crippen LogP contribution is 2.36. The van der Waals surface area contributed by atoms with E-state index in [9.17, 15) is 14.7 Å². The van der Waals surface area contributed by atoms with Gasteiger partial charge in [-0.05, 0) is 49.8 Å². The highest BCUT2D eigenvalue weighted by atomic mass is 35.5. The van der Waals surface area contributed by atoms with Gasteiger partial charge in [0.25, 0.3) is 5.56 Å². The summed E-state index contributed by atoms with van der Waals surface area (Å²) in [6.45, 7) is 3.56. The Morgan fingerprint density at radius 3 is 2.58 bits per heavy atom. The number of aromatic nitrogens is 1. The number of fused-ring (bicyclic) bond motifs is 1. The van der Waals surface area contributed by atoms with Gasteiger partial charge in [0, 0.05) is 10.6 Å². The van der Waals surface area contributed by atoms with Crippen molar-refractivity contribution in [2.24, 2.45) is 4.99 Å². The molecule has 0 saturated carbocycles. The molecule has 1 aromatic heterocycles. The zero-order chi connectivity index (χ0) is 26.1. The van der Waals surface area contributed by atoms with Crippen molar-refractivity contribution in [2.45, 2.75) is 19.9 Å². The summed E-state index contributed by atoms with van der Waals surface area (Å²) in [7, 11) is 3.02. The normalized spacial score (nSPS) is 15.4. The highest BCUT2D eigenvalue weighted by molar-refractivity contribution is 7.07. The lowest BCUT2D eigenvalue weighted by atomic mass is 9.95. The van der Waals surface area contributed by atoms with Crippen LogP contribution in [0.5, 0.6) is 17.2 Å². The molecule has 188 valence electrons. The van der Waals surface area contributed by atoms with Crippen molar-refractivity contribution in [3.63, 3.8) is 0 Å². The molecule has 2 aromatic carbocycles. The number of esters is 1. The molecule has 0 bridgehead atoms. The Bertz CT molecular complexity index is 1570. The second kappa shape index (κ2) is 10.4. The van der Waals surface area contributed by atoms with E-state index in [1.807, 2.05) is 0 Å². The quantitative estimate of drug-likeness (QED) is 0.470. The number of hydrogen-bond donors (Lipinski definition) is 1. The molecule has 1 atom stereocenters. The van der Waals surface area contributed by atoms with Gasteiger partial charge in [-0.3, -0.25) is 9.36 Å². The number of ether oxygens (including phenoxy) is 3. The summed E-state index contributed by atoms with van der Waals surface area (Å²) in [6.07, 6.45) is 1.49. The first-order valence-corrected chi connectivity index (χ1v) is 12.4. The summed E-state index contributed by atoms with van der Waals surface area (Å²) in [5, 5.41) is 10.8. The van der Waals surface area contributed by atoms with E-state index >= 15 is 0 Å². The van der Waals surface area contributed by atoms with Crippen LogP contribution >= 0.6 is 34.5 Å². The summed E-state index contributed by atoms with van der Waals surface area (Å²) in [6, 6.07) is 7.24. The van der Waals surface area contributed by atoms with Crippen LogP contribution in [-0.2, 0) is 9.53 Å². The molecule has 1 aliphatic rings. The Balaban J connectivity index is 2.00. The fraction of sp³-hybridized carbons (Fsp3) is 0.240. The van der Waals surface area contributed by atoms with E-state index < -0.39 is 17.6 Å². The third kappa shape index (κ3) is 4.61. The number of carbonyl (C=O) groups is 1. The first-order chi connectivity index (χ1) is 17.2. The zero-order valence-electron chi connectivity index (χ0n) is 19.8. The largest absolute Gasteiger partial charge is 0.506 e. The van der Waals surface area contributed by atoms with Crippen molar-refractivity contribution < 1.29 is 24.1 Å². The molecule has 1 unspecified atom stereocenters. The predicted octanol–water partition coefficient (Wildman–Crippen LogP) is 3.83. The lowest BCUT2D eigenvalue weighted by molar-refractivity contribution is -0.139. The molecule has 0 aliphatic carbocycles. The van der Waals surface area contributed by atoms with Crippen molar-refractivity contribution >= 4 is 46.6 Å². The Hall–Kier alpha value is -3.27. The number of phenolic OH excluding ortho intramolecular Hbond substituents is 1. The summed E-state index contributed by atoms with van der Waals surface area (Å²) < 4.78 is 17.8. The van der Waals surface area contributed by atoms with Crippen molar-refractivity contribution in [3.05, 3.63) is 82.5 Å². The zero-order valence-corrected chi connectivity index (χ0v) is 22.1. The molecule has 3 aromatic rings. The minimum absolute atomic E-state index is 0.0603. The van der Waals surface area contributed by atoms with Gasteiger partial charge in [0.15, 0.2) is 16.3 Å². The Kier molecular flexibility index (Phi) is 7.44. The number of nitrogens with zero attached hydrogens (tertiary/aromatic N) is 2. The molecule has 4 rings (SSSR count). The van der Waals surface area contributed by atoms with Gasteiger partial charge < -0.3 is 19.3 Å². The van der Waals surface area contributed by atoms with Gasteiger partial charge in [0.05, 0.1) is 47.7 Å². The third-order valence-electron chi connectivity index (χ3n) is 5.58. The fourth-order valence-electron chi connectivity index (χ4n) is 3.97. The molecule has 36 heavy (non-hydrogen) atoms. The summed E-state index contributed by atoms with van der Waals surface area (Å²) in [5.41, 5.74) is 1.13. The molecule has 0 fully saturated rings. The minimum Gasteiger partial charge on any atom is -0.506 e. The van der Waals surface area contributed by atoms with Gasteiger partial charge in [-0.15, -0.1) is 0 Å². The van der Waals surface area contributed by atoms with Crippen LogP contribution in [0.2, 0.25) is 10.0 Å². The maximum absolute atomic E-state index is 13.7. The van der Waals surface area contributed by atoms with E-state index in [-0.39, 0.29) is 33.0 Å². The topological polar surface area (TPSA) is 99.4 Å².